The summed E-state index contributed by atoms with van der Waals surface area (Å²) in [5.41, 5.74) is 4.23. The van der Waals surface area contributed by atoms with Crippen LogP contribution in [-0.2, 0) is 0 Å². The summed E-state index contributed by atoms with van der Waals surface area (Å²) in [5, 5.41) is 12.7. The summed E-state index contributed by atoms with van der Waals surface area (Å²) in [6, 6.07) is 21.0. The van der Waals surface area contributed by atoms with Gasteiger partial charge in [0, 0.05) is 12.5 Å². The van der Waals surface area contributed by atoms with Crippen LogP contribution in [0.25, 0.3) is 0 Å². The normalized spacial score (nSPS) is 19.3. The largest absolute Gasteiger partial charge is 0.424 e. The van der Waals surface area contributed by atoms with Crippen molar-refractivity contribution in [3.8, 4) is 6.07 Å². The molecule has 1 N–H and O–H groups in total. The Labute approximate surface area is 159 Å². The highest BCUT2D eigenvalue weighted by Gasteiger charge is 2.43. The van der Waals surface area contributed by atoms with E-state index in [4.69, 9.17) is 4.42 Å². The van der Waals surface area contributed by atoms with Gasteiger partial charge in [0.05, 0.1) is 0 Å². The average molecular weight is 357 g/mol. The van der Waals surface area contributed by atoms with Crippen LogP contribution in [0, 0.1) is 18.3 Å². The van der Waals surface area contributed by atoms with Crippen LogP contribution in [0.2, 0.25) is 0 Å². The van der Waals surface area contributed by atoms with Crippen LogP contribution in [0.5, 0.6) is 0 Å². The van der Waals surface area contributed by atoms with E-state index in [1.165, 1.54) is 16.7 Å². The Hall–Kier alpha value is -3.06. The molecule has 1 aromatic heterocycles. The summed E-state index contributed by atoms with van der Waals surface area (Å²) >= 11 is 0. The van der Waals surface area contributed by atoms with Gasteiger partial charge < -0.3 is 9.73 Å². The van der Waals surface area contributed by atoms with E-state index >= 15 is 0 Å². The number of benzene rings is 2. The molecule has 2 aromatic carbocycles. The fourth-order valence-electron chi connectivity index (χ4n) is 3.72. The van der Waals surface area contributed by atoms with Gasteiger partial charge in [-0.05, 0) is 41.9 Å². The molecular weight excluding hydrogens is 334 g/mol. The second-order valence-corrected chi connectivity index (χ2v) is 7.34. The fraction of sp³-hybridized carbons (Fsp3) is 0.304. The Morgan fingerprint density at radius 2 is 1.89 bits per heavy atom. The lowest BCUT2D eigenvalue weighted by Crippen LogP contribution is -2.11. The number of aromatic nitrogens is 1. The maximum atomic E-state index is 9.43. The Bertz CT molecular complexity index is 971. The van der Waals surface area contributed by atoms with Gasteiger partial charge in [0.1, 0.15) is 6.07 Å². The number of hydrogen-bond acceptors (Lipinski definition) is 4. The number of aryl methyl sites for hydroxylation is 1. The third-order valence-corrected chi connectivity index (χ3v) is 5.37. The van der Waals surface area contributed by atoms with E-state index < -0.39 is 0 Å². The molecule has 0 amide bonds. The highest BCUT2D eigenvalue weighted by atomic mass is 16.4. The minimum absolute atomic E-state index is 0.267. The average Bonchev–Trinajstić information content (AvgIpc) is 3.40. The van der Waals surface area contributed by atoms with Gasteiger partial charge in [-0.15, -0.1) is 0 Å². The molecule has 27 heavy (non-hydrogen) atoms. The van der Waals surface area contributed by atoms with Crippen molar-refractivity contribution in [1.82, 2.24) is 4.98 Å². The van der Waals surface area contributed by atoms with Crippen molar-refractivity contribution in [2.45, 2.75) is 38.0 Å². The van der Waals surface area contributed by atoms with Gasteiger partial charge in [0.15, 0.2) is 0 Å². The molecule has 1 aliphatic carbocycles. The first kappa shape index (κ1) is 17.4. The first-order valence-electron chi connectivity index (χ1n) is 9.42. The van der Waals surface area contributed by atoms with Gasteiger partial charge in [-0.2, -0.15) is 5.26 Å². The van der Waals surface area contributed by atoms with Crippen LogP contribution in [0.15, 0.2) is 59.0 Å². The molecular formula is C23H23N3O. The number of nitrogens with one attached hydrogen (secondary N) is 1. The molecule has 1 aliphatic rings. The van der Waals surface area contributed by atoms with Crippen LogP contribution >= 0.6 is 0 Å². The van der Waals surface area contributed by atoms with E-state index in [1.807, 2.05) is 12.1 Å². The first-order valence-corrected chi connectivity index (χ1v) is 9.42. The van der Waals surface area contributed by atoms with Crippen LogP contribution < -0.4 is 5.32 Å². The highest BCUT2D eigenvalue weighted by Crippen LogP contribution is 2.54. The lowest BCUT2D eigenvalue weighted by molar-refractivity contribution is 0.503. The van der Waals surface area contributed by atoms with Gasteiger partial charge in [-0.3, -0.25) is 0 Å². The lowest BCUT2D eigenvalue weighted by atomic mass is 9.96. The molecule has 0 spiro atoms. The van der Waals surface area contributed by atoms with E-state index in [2.05, 4.69) is 72.7 Å². The second kappa shape index (κ2) is 7.28. The zero-order valence-corrected chi connectivity index (χ0v) is 15.6. The molecule has 0 radical (unpaired) electrons. The Balaban J connectivity index is 1.45. The van der Waals surface area contributed by atoms with Gasteiger partial charge >= 0.3 is 0 Å². The van der Waals surface area contributed by atoms with E-state index in [9.17, 15) is 5.26 Å². The maximum absolute atomic E-state index is 9.43. The third-order valence-electron chi connectivity index (χ3n) is 5.37. The van der Waals surface area contributed by atoms with Crippen molar-refractivity contribution < 1.29 is 4.42 Å². The van der Waals surface area contributed by atoms with E-state index in [0.717, 1.165) is 6.42 Å². The number of hydrogen-bond donors (Lipinski definition) is 1. The summed E-state index contributed by atoms with van der Waals surface area (Å²) in [6.07, 6.45) is 1.02. The van der Waals surface area contributed by atoms with Crippen LogP contribution in [0.4, 0.5) is 5.88 Å². The summed E-state index contributed by atoms with van der Waals surface area (Å²) in [6.45, 7) is 4.99. The number of oxazole rings is 1. The quantitative estimate of drug-likeness (QED) is 0.647. The van der Waals surface area contributed by atoms with Crippen molar-refractivity contribution in [3.63, 3.8) is 0 Å². The molecule has 4 heteroatoms. The second-order valence-electron chi connectivity index (χ2n) is 7.34. The molecule has 3 aromatic rings. The van der Waals surface area contributed by atoms with E-state index in [-0.39, 0.29) is 5.92 Å². The molecule has 1 heterocycles. The minimum atomic E-state index is 0.267. The first-order chi connectivity index (χ1) is 13.2. The maximum Gasteiger partial charge on any atom is 0.232 e. The number of nitrogens with zero attached hydrogens (tertiary/aromatic N) is 2. The monoisotopic (exact) mass is 357 g/mol. The Morgan fingerprint density at radius 1 is 1.15 bits per heavy atom. The van der Waals surface area contributed by atoms with Crippen molar-refractivity contribution in [3.05, 3.63) is 82.9 Å². The Morgan fingerprint density at radius 3 is 2.63 bits per heavy atom. The van der Waals surface area contributed by atoms with Crippen molar-refractivity contribution in [2.24, 2.45) is 0 Å². The number of nitriles is 1. The molecule has 4 nitrogen and oxygen atoms in total. The predicted octanol–water partition coefficient (Wildman–Crippen LogP) is 5.34. The fourth-order valence-corrected chi connectivity index (χ4v) is 3.72. The molecule has 1 saturated carbocycles. The summed E-state index contributed by atoms with van der Waals surface area (Å²) in [4.78, 5) is 4.44. The summed E-state index contributed by atoms with van der Waals surface area (Å²) < 4.78 is 5.95. The lowest BCUT2D eigenvalue weighted by Gasteiger charge is -2.15. The highest BCUT2D eigenvalue weighted by molar-refractivity contribution is 5.47. The van der Waals surface area contributed by atoms with Crippen LogP contribution in [-0.4, -0.2) is 11.5 Å². The van der Waals surface area contributed by atoms with E-state index in [0.29, 0.717) is 35.8 Å². The molecule has 3 atom stereocenters. The smallest absolute Gasteiger partial charge is 0.232 e. The van der Waals surface area contributed by atoms with E-state index in [1.54, 1.807) is 0 Å². The molecule has 0 saturated heterocycles. The molecule has 0 aliphatic heterocycles. The number of rotatable bonds is 6. The Kier molecular flexibility index (Phi) is 4.68. The molecule has 1 fully saturated rings. The molecule has 0 bridgehead atoms. The summed E-state index contributed by atoms with van der Waals surface area (Å²) in [7, 11) is 0. The van der Waals surface area contributed by atoms with Gasteiger partial charge in [0.2, 0.25) is 17.5 Å². The molecule has 4 rings (SSSR count). The topological polar surface area (TPSA) is 61.9 Å². The minimum Gasteiger partial charge on any atom is -0.424 e. The number of anilines is 1. The zero-order chi connectivity index (χ0) is 18.8. The van der Waals surface area contributed by atoms with Gasteiger partial charge in [-0.1, -0.05) is 61.5 Å². The summed E-state index contributed by atoms with van der Waals surface area (Å²) in [5.74, 6) is 2.18. The van der Waals surface area contributed by atoms with Crippen molar-refractivity contribution >= 4 is 5.88 Å². The SMILES string of the molecule is Cc1ccccc1[C@H](C)CNc1oc([C@H]2C[C@@H]2c2ccccc2)nc1C#N. The predicted molar refractivity (Wildman–Crippen MR) is 106 cm³/mol. The van der Waals surface area contributed by atoms with Crippen molar-refractivity contribution in [2.75, 3.05) is 11.9 Å². The van der Waals surface area contributed by atoms with Gasteiger partial charge in [-0.25, -0.2) is 4.98 Å². The van der Waals surface area contributed by atoms with Gasteiger partial charge in [0.25, 0.3) is 0 Å². The zero-order valence-electron chi connectivity index (χ0n) is 15.6. The molecule has 136 valence electrons. The molecule has 0 unspecified atom stereocenters. The standard InChI is InChI=1S/C23H23N3O/c1-15-8-6-7-11-18(15)16(2)14-25-23-21(13-24)26-22(27-23)20-12-19(20)17-9-4-3-5-10-17/h3-11,16,19-20,25H,12,14H2,1-2H3/t16-,19-,20+/m1/s1. The van der Waals surface area contributed by atoms with Crippen molar-refractivity contribution in [1.29, 1.82) is 5.26 Å². The van der Waals surface area contributed by atoms with Crippen LogP contribution in [0.1, 0.15) is 59.4 Å². The van der Waals surface area contributed by atoms with Crippen LogP contribution in [0.3, 0.4) is 0 Å². The third kappa shape index (κ3) is 3.59.